The molecular formula is C10H9NaO7S. The molecule has 0 fully saturated rings. The van der Waals surface area contributed by atoms with E-state index in [2.05, 4.69) is 4.74 Å². The zero-order chi connectivity index (χ0) is 13.9. The fraction of sp³-hybridized carbons (Fsp3) is 0.200. The van der Waals surface area contributed by atoms with Gasteiger partial charge in [-0.1, -0.05) is 0 Å². The monoisotopic (exact) mass is 296 g/mol. The van der Waals surface area contributed by atoms with Crippen LogP contribution < -0.4 is 29.6 Å². The van der Waals surface area contributed by atoms with Gasteiger partial charge < -0.3 is 14.4 Å². The molecule has 19 heavy (non-hydrogen) atoms. The number of benzene rings is 1. The van der Waals surface area contributed by atoms with Crippen molar-refractivity contribution in [3.05, 3.63) is 29.3 Å². The van der Waals surface area contributed by atoms with E-state index in [9.17, 15) is 22.6 Å². The van der Waals surface area contributed by atoms with Crippen molar-refractivity contribution in [2.24, 2.45) is 0 Å². The van der Waals surface area contributed by atoms with Gasteiger partial charge in [0.25, 0.3) is 0 Å². The Kier molecular flexibility index (Phi) is 6.67. The average Bonchev–Trinajstić information content (AvgIpc) is 2.27. The van der Waals surface area contributed by atoms with Crippen LogP contribution in [0.1, 0.15) is 27.6 Å². The molecule has 0 aromatic heterocycles. The van der Waals surface area contributed by atoms with Crippen molar-refractivity contribution in [1.29, 1.82) is 0 Å². The molecule has 98 valence electrons. The van der Waals surface area contributed by atoms with Gasteiger partial charge in [-0.15, -0.1) is 0 Å². The summed E-state index contributed by atoms with van der Waals surface area (Å²) in [5.74, 6) is -2.35. The van der Waals surface area contributed by atoms with E-state index in [1.165, 1.54) is 6.92 Å². The Bertz CT molecular complexity index is 594. The van der Waals surface area contributed by atoms with Gasteiger partial charge >= 0.3 is 41.5 Å². The molecule has 0 spiro atoms. The van der Waals surface area contributed by atoms with Crippen molar-refractivity contribution in [2.45, 2.75) is 11.8 Å². The molecule has 0 aliphatic rings. The molecule has 0 aliphatic carbocycles. The van der Waals surface area contributed by atoms with E-state index in [1.54, 1.807) is 0 Å². The number of ether oxygens (including phenoxy) is 1. The predicted octanol–water partition coefficient (Wildman–Crippen LogP) is -2.53. The number of aromatic carboxylic acids is 1. The van der Waals surface area contributed by atoms with Crippen LogP contribution in [-0.2, 0) is 14.9 Å². The Morgan fingerprint density at radius 2 is 1.79 bits per heavy atom. The molecule has 9 heteroatoms. The summed E-state index contributed by atoms with van der Waals surface area (Å²) < 4.78 is 37.1. The second-order valence-corrected chi connectivity index (χ2v) is 4.61. The van der Waals surface area contributed by atoms with Gasteiger partial charge in [0.2, 0.25) is 0 Å². The molecule has 0 radical (unpaired) electrons. The van der Waals surface area contributed by atoms with Crippen LogP contribution in [0.3, 0.4) is 0 Å². The number of carbonyl (C=O) groups is 2. The Labute approximate surface area is 131 Å². The summed E-state index contributed by atoms with van der Waals surface area (Å²) in [6.07, 6.45) is 0. The summed E-state index contributed by atoms with van der Waals surface area (Å²) in [7, 11) is -4.85. The van der Waals surface area contributed by atoms with Crippen LogP contribution in [0.4, 0.5) is 0 Å². The van der Waals surface area contributed by atoms with Crippen molar-refractivity contribution < 1.29 is 62.0 Å². The summed E-state index contributed by atoms with van der Waals surface area (Å²) in [4.78, 5) is 21.4. The molecule has 1 aromatic rings. The summed E-state index contributed by atoms with van der Waals surface area (Å²) >= 11 is 0. The normalized spacial score (nSPS) is 10.4. The van der Waals surface area contributed by atoms with E-state index >= 15 is 0 Å². The van der Waals surface area contributed by atoms with Crippen LogP contribution >= 0.6 is 0 Å². The molecule has 7 nitrogen and oxygen atoms in total. The molecule has 0 bridgehead atoms. The quantitative estimate of drug-likeness (QED) is 0.369. The van der Waals surface area contributed by atoms with E-state index in [0.29, 0.717) is 6.07 Å². The zero-order valence-electron chi connectivity index (χ0n) is 10.2. The minimum atomic E-state index is -4.85. The maximum absolute atomic E-state index is 11.4. The first-order valence-corrected chi connectivity index (χ1v) is 6.18. The van der Waals surface area contributed by atoms with Crippen LogP contribution in [0, 0.1) is 0 Å². The van der Waals surface area contributed by atoms with Crippen molar-refractivity contribution >= 4 is 22.1 Å². The zero-order valence-corrected chi connectivity index (χ0v) is 13.1. The molecule has 0 heterocycles. The van der Waals surface area contributed by atoms with Gasteiger partial charge in [0.1, 0.15) is 10.1 Å². The summed E-state index contributed by atoms with van der Waals surface area (Å²) in [6, 6.07) is 2.41. The van der Waals surface area contributed by atoms with Crippen molar-refractivity contribution in [2.75, 3.05) is 6.61 Å². The molecule has 0 amide bonds. The van der Waals surface area contributed by atoms with Gasteiger partial charge in [-0.05, 0) is 25.1 Å². The Morgan fingerprint density at radius 3 is 2.21 bits per heavy atom. The maximum Gasteiger partial charge on any atom is 1.00 e. The fourth-order valence-electron chi connectivity index (χ4n) is 1.20. The van der Waals surface area contributed by atoms with E-state index in [0.717, 1.165) is 12.1 Å². The number of rotatable bonds is 4. The van der Waals surface area contributed by atoms with Gasteiger partial charge in [-0.3, -0.25) is 0 Å². The molecule has 0 unspecified atom stereocenters. The fourth-order valence-corrected chi connectivity index (χ4v) is 1.74. The minimum Gasteiger partial charge on any atom is -0.744 e. The molecule has 1 aromatic carbocycles. The van der Waals surface area contributed by atoms with Crippen molar-refractivity contribution in [3.63, 3.8) is 0 Å². The van der Waals surface area contributed by atoms with Gasteiger partial charge in [0.05, 0.1) is 22.6 Å². The number of carboxylic acid groups (broad SMARTS) is 1. The first kappa shape index (κ1) is 18.1. The van der Waals surface area contributed by atoms with Gasteiger partial charge in [-0.2, -0.15) is 0 Å². The van der Waals surface area contributed by atoms with Gasteiger partial charge in [0.15, 0.2) is 0 Å². The molecule has 0 saturated heterocycles. The molecular weight excluding hydrogens is 287 g/mol. The smallest absolute Gasteiger partial charge is 0.744 e. The van der Waals surface area contributed by atoms with Gasteiger partial charge in [0, 0.05) is 0 Å². The minimum absolute atomic E-state index is 0. The van der Waals surface area contributed by atoms with E-state index in [-0.39, 0.29) is 41.7 Å². The van der Waals surface area contributed by atoms with Crippen LogP contribution in [0.15, 0.2) is 23.1 Å². The summed E-state index contributed by atoms with van der Waals surface area (Å²) in [5, 5.41) is 8.76. The van der Waals surface area contributed by atoms with E-state index < -0.39 is 32.5 Å². The van der Waals surface area contributed by atoms with Crippen molar-refractivity contribution in [1.82, 2.24) is 0 Å². The third kappa shape index (κ3) is 4.92. The third-order valence-corrected chi connectivity index (χ3v) is 2.77. The second-order valence-electron chi connectivity index (χ2n) is 3.23. The molecule has 0 aliphatic heterocycles. The number of esters is 1. The number of hydrogen-bond donors (Lipinski definition) is 1. The van der Waals surface area contributed by atoms with Crippen LogP contribution in [0.5, 0.6) is 0 Å². The van der Waals surface area contributed by atoms with Crippen molar-refractivity contribution in [3.8, 4) is 0 Å². The summed E-state index contributed by atoms with van der Waals surface area (Å²) in [5.41, 5.74) is -0.777. The number of carboxylic acids is 1. The first-order valence-electron chi connectivity index (χ1n) is 4.77. The number of carbonyl (C=O) groups excluding carboxylic acids is 1. The standard InChI is InChI=1S/C10H10O7S.Na/c1-2-17-10(13)7-3-6(9(11)12)4-8(5-7)18(14,15)16;/h3-5H,2H2,1H3,(H,11,12)(H,14,15,16);/q;+1/p-1. The van der Waals surface area contributed by atoms with Crippen LogP contribution in [-0.4, -0.2) is 36.6 Å². The average molecular weight is 296 g/mol. The Morgan fingerprint density at radius 1 is 1.26 bits per heavy atom. The second kappa shape index (κ2) is 7.01. The Hall–Kier alpha value is -0.930. The van der Waals surface area contributed by atoms with Gasteiger partial charge in [-0.25, -0.2) is 18.0 Å². The van der Waals surface area contributed by atoms with Crippen LogP contribution in [0.25, 0.3) is 0 Å². The number of hydrogen-bond acceptors (Lipinski definition) is 6. The maximum atomic E-state index is 11.4. The SMILES string of the molecule is CCOC(=O)c1cc(C(=O)O)cc(S(=O)(=O)[O-])c1.[Na+]. The molecule has 0 atom stereocenters. The summed E-state index contributed by atoms with van der Waals surface area (Å²) in [6.45, 7) is 1.57. The predicted molar refractivity (Wildman–Crippen MR) is 57.3 cm³/mol. The molecule has 0 saturated carbocycles. The van der Waals surface area contributed by atoms with E-state index in [4.69, 9.17) is 5.11 Å². The molecule has 1 N–H and O–H groups in total. The topological polar surface area (TPSA) is 121 Å². The van der Waals surface area contributed by atoms with Crippen LogP contribution in [0.2, 0.25) is 0 Å². The van der Waals surface area contributed by atoms with E-state index in [1.807, 2.05) is 0 Å². The Balaban J connectivity index is 0.00000324. The largest absolute Gasteiger partial charge is 1.00 e. The third-order valence-electron chi connectivity index (χ3n) is 1.95. The molecule has 1 rings (SSSR count). The first-order chi connectivity index (χ1) is 8.25.